The zero-order valence-corrected chi connectivity index (χ0v) is 13.1. The Bertz CT molecular complexity index is 465. The highest BCUT2D eigenvalue weighted by Gasteiger charge is 2.29. The molecule has 0 radical (unpaired) electrons. The van der Waals surface area contributed by atoms with Gasteiger partial charge in [-0.1, -0.05) is 30.3 Å². The van der Waals surface area contributed by atoms with Crippen molar-refractivity contribution < 1.29 is 9.53 Å². The molecule has 3 rings (SSSR count). The number of ether oxygens (including phenoxy) is 1. The predicted octanol–water partition coefficient (Wildman–Crippen LogP) is 2.56. The quantitative estimate of drug-likeness (QED) is 0.821. The van der Waals surface area contributed by atoms with Crippen molar-refractivity contribution >= 4 is 5.97 Å². The summed E-state index contributed by atoms with van der Waals surface area (Å²) in [6.45, 7) is 2.02. The van der Waals surface area contributed by atoms with E-state index in [1.165, 1.54) is 12.8 Å². The van der Waals surface area contributed by atoms with Crippen molar-refractivity contribution in [3.05, 3.63) is 35.9 Å². The van der Waals surface area contributed by atoms with E-state index in [4.69, 9.17) is 4.74 Å². The van der Waals surface area contributed by atoms with E-state index in [0.717, 1.165) is 44.3 Å². The molecule has 4 nitrogen and oxygen atoms in total. The summed E-state index contributed by atoms with van der Waals surface area (Å²) in [4.78, 5) is 12.7. The van der Waals surface area contributed by atoms with Gasteiger partial charge in [0, 0.05) is 6.04 Å². The lowest BCUT2D eigenvalue weighted by atomic mass is 10.0. The first-order chi connectivity index (χ1) is 10.8. The number of piperidine rings is 1. The van der Waals surface area contributed by atoms with Gasteiger partial charge in [0.25, 0.3) is 0 Å². The Morgan fingerprint density at radius 1 is 1.09 bits per heavy atom. The largest absolute Gasteiger partial charge is 0.461 e. The molecule has 0 spiro atoms. The lowest BCUT2D eigenvalue weighted by Gasteiger charge is -2.29. The SMILES string of the molecule is O=C(OC1CCCC1)C(NC1CCNCC1)c1ccccc1. The third-order valence-electron chi connectivity index (χ3n) is 4.70. The second-order valence-electron chi connectivity index (χ2n) is 6.38. The Kier molecular flexibility index (Phi) is 5.46. The number of hydrogen-bond acceptors (Lipinski definition) is 4. The van der Waals surface area contributed by atoms with Crippen LogP contribution in [-0.4, -0.2) is 31.2 Å². The molecular weight excluding hydrogens is 276 g/mol. The minimum atomic E-state index is -0.343. The number of rotatable bonds is 5. The zero-order valence-electron chi connectivity index (χ0n) is 13.1. The molecule has 1 aliphatic heterocycles. The molecule has 0 bridgehead atoms. The molecule has 1 saturated heterocycles. The first-order valence-electron chi connectivity index (χ1n) is 8.55. The van der Waals surface area contributed by atoms with E-state index in [9.17, 15) is 4.79 Å². The van der Waals surface area contributed by atoms with Crippen LogP contribution in [0.25, 0.3) is 0 Å². The van der Waals surface area contributed by atoms with E-state index in [1.807, 2.05) is 30.3 Å². The molecule has 1 aromatic rings. The minimum absolute atomic E-state index is 0.114. The van der Waals surface area contributed by atoms with Gasteiger partial charge in [0.05, 0.1) is 0 Å². The lowest BCUT2D eigenvalue weighted by molar-refractivity contribution is -0.151. The molecule has 1 aliphatic carbocycles. The van der Waals surface area contributed by atoms with Gasteiger partial charge >= 0.3 is 5.97 Å². The van der Waals surface area contributed by atoms with Gasteiger partial charge in [-0.05, 0) is 57.2 Å². The molecule has 120 valence electrons. The Balaban J connectivity index is 1.68. The average molecular weight is 302 g/mol. The van der Waals surface area contributed by atoms with Crippen LogP contribution in [0, 0.1) is 0 Å². The standard InChI is InChI=1S/C18H26N2O2/c21-18(22-16-8-4-5-9-16)17(14-6-2-1-3-7-14)20-15-10-12-19-13-11-15/h1-3,6-7,15-17,19-20H,4-5,8-13H2. The molecule has 0 amide bonds. The molecule has 2 N–H and O–H groups in total. The van der Waals surface area contributed by atoms with Gasteiger partial charge in [0.15, 0.2) is 0 Å². The smallest absolute Gasteiger partial charge is 0.328 e. The second kappa shape index (κ2) is 7.75. The van der Waals surface area contributed by atoms with Crippen molar-refractivity contribution in [3.8, 4) is 0 Å². The lowest BCUT2D eigenvalue weighted by Crippen LogP contribution is -2.44. The molecule has 1 atom stereocenters. The van der Waals surface area contributed by atoms with Crippen LogP contribution in [0.5, 0.6) is 0 Å². The molecule has 0 aromatic heterocycles. The summed E-state index contributed by atoms with van der Waals surface area (Å²) >= 11 is 0. The molecule has 1 heterocycles. The van der Waals surface area contributed by atoms with Crippen LogP contribution >= 0.6 is 0 Å². The van der Waals surface area contributed by atoms with Crippen LogP contribution in [0.15, 0.2) is 30.3 Å². The highest BCUT2D eigenvalue weighted by atomic mass is 16.5. The van der Waals surface area contributed by atoms with Crippen LogP contribution in [-0.2, 0) is 9.53 Å². The van der Waals surface area contributed by atoms with Gasteiger partial charge in [0.2, 0.25) is 0 Å². The fraction of sp³-hybridized carbons (Fsp3) is 0.611. The predicted molar refractivity (Wildman–Crippen MR) is 86.6 cm³/mol. The van der Waals surface area contributed by atoms with Gasteiger partial charge in [-0.2, -0.15) is 0 Å². The number of benzene rings is 1. The maximum absolute atomic E-state index is 12.7. The van der Waals surface area contributed by atoms with Crippen molar-refractivity contribution in [1.29, 1.82) is 0 Å². The van der Waals surface area contributed by atoms with Crippen LogP contribution in [0.1, 0.15) is 50.1 Å². The number of carbonyl (C=O) groups excluding carboxylic acids is 1. The highest BCUT2D eigenvalue weighted by Crippen LogP contribution is 2.24. The fourth-order valence-electron chi connectivity index (χ4n) is 3.41. The molecule has 4 heteroatoms. The third kappa shape index (κ3) is 4.08. The Labute approximate surface area is 132 Å². The summed E-state index contributed by atoms with van der Waals surface area (Å²) in [6, 6.07) is 9.99. The highest BCUT2D eigenvalue weighted by molar-refractivity contribution is 5.78. The Hall–Kier alpha value is -1.39. The number of esters is 1. The first-order valence-corrected chi connectivity index (χ1v) is 8.55. The van der Waals surface area contributed by atoms with E-state index in [0.29, 0.717) is 6.04 Å². The number of nitrogens with one attached hydrogen (secondary N) is 2. The molecule has 1 saturated carbocycles. The van der Waals surface area contributed by atoms with Crippen molar-refractivity contribution in [2.75, 3.05) is 13.1 Å². The summed E-state index contributed by atoms with van der Waals surface area (Å²) < 4.78 is 5.75. The molecule has 2 fully saturated rings. The molecule has 22 heavy (non-hydrogen) atoms. The van der Waals surface area contributed by atoms with E-state index in [-0.39, 0.29) is 18.1 Å². The average Bonchev–Trinajstić information content (AvgIpc) is 3.07. The number of hydrogen-bond donors (Lipinski definition) is 2. The molecular formula is C18H26N2O2. The Morgan fingerprint density at radius 3 is 2.45 bits per heavy atom. The van der Waals surface area contributed by atoms with Gasteiger partial charge in [-0.25, -0.2) is 4.79 Å². The summed E-state index contributed by atoms with van der Waals surface area (Å²) in [5.74, 6) is -0.114. The monoisotopic (exact) mass is 302 g/mol. The van der Waals surface area contributed by atoms with E-state index in [1.54, 1.807) is 0 Å². The van der Waals surface area contributed by atoms with Gasteiger partial charge in [0.1, 0.15) is 12.1 Å². The van der Waals surface area contributed by atoms with Crippen LogP contribution < -0.4 is 10.6 Å². The summed E-state index contributed by atoms with van der Waals surface area (Å²) in [5.41, 5.74) is 1.00. The normalized spacial score (nSPS) is 21.6. The topological polar surface area (TPSA) is 50.4 Å². The van der Waals surface area contributed by atoms with Crippen LogP contribution in [0.2, 0.25) is 0 Å². The molecule has 1 unspecified atom stereocenters. The van der Waals surface area contributed by atoms with Gasteiger partial charge < -0.3 is 10.1 Å². The molecule has 1 aromatic carbocycles. The fourth-order valence-corrected chi connectivity index (χ4v) is 3.41. The maximum atomic E-state index is 12.7. The van der Waals surface area contributed by atoms with Gasteiger partial charge in [-0.3, -0.25) is 5.32 Å². The van der Waals surface area contributed by atoms with Crippen LogP contribution in [0.4, 0.5) is 0 Å². The van der Waals surface area contributed by atoms with Crippen molar-refractivity contribution in [3.63, 3.8) is 0 Å². The van der Waals surface area contributed by atoms with Crippen molar-refractivity contribution in [2.45, 2.75) is 56.7 Å². The first kappa shape index (κ1) is 15.5. The van der Waals surface area contributed by atoms with Crippen molar-refractivity contribution in [1.82, 2.24) is 10.6 Å². The minimum Gasteiger partial charge on any atom is -0.461 e. The molecule has 2 aliphatic rings. The second-order valence-corrected chi connectivity index (χ2v) is 6.38. The van der Waals surface area contributed by atoms with E-state index >= 15 is 0 Å². The number of carbonyl (C=O) groups is 1. The van der Waals surface area contributed by atoms with Gasteiger partial charge in [-0.15, -0.1) is 0 Å². The zero-order chi connectivity index (χ0) is 15.2. The Morgan fingerprint density at radius 2 is 1.77 bits per heavy atom. The van der Waals surface area contributed by atoms with E-state index < -0.39 is 0 Å². The third-order valence-corrected chi connectivity index (χ3v) is 4.70. The van der Waals surface area contributed by atoms with Crippen LogP contribution in [0.3, 0.4) is 0 Å². The summed E-state index contributed by atoms with van der Waals surface area (Å²) in [5, 5.41) is 6.89. The van der Waals surface area contributed by atoms with Crippen molar-refractivity contribution in [2.24, 2.45) is 0 Å². The maximum Gasteiger partial charge on any atom is 0.328 e. The summed E-state index contributed by atoms with van der Waals surface area (Å²) in [6.07, 6.45) is 6.61. The summed E-state index contributed by atoms with van der Waals surface area (Å²) in [7, 11) is 0. The van der Waals surface area contributed by atoms with E-state index in [2.05, 4.69) is 10.6 Å².